The second-order valence-corrected chi connectivity index (χ2v) is 3.39. The van der Waals surface area contributed by atoms with Crippen molar-refractivity contribution in [3.05, 3.63) is 53.1 Å². The zero-order valence-corrected chi connectivity index (χ0v) is 9.25. The van der Waals surface area contributed by atoms with Crippen LogP contribution >= 0.6 is 0 Å². The Bertz CT molecular complexity index is 483. The van der Waals surface area contributed by atoms with Gasteiger partial charge in [-0.3, -0.25) is 0 Å². The highest BCUT2D eigenvalue weighted by Crippen LogP contribution is 2.10. The molecule has 0 aliphatic carbocycles. The van der Waals surface area contributed by atoms with Gasteiger partial charge in [0, 0.05) is 5.57 Å². The van der Waals surface area contributed by atoms with Crippen molar-refractivity contribution in [2.24, 2.45) is 0 Å². The predicted molar refractivity (Wildman–Crippen MR) is 63.4 cm³/mol. The van der Waals surface area contributed by atoms with Gasteiger partial charge in [0.25, 0.3) is 0 Å². The highest BCUT2D eigenvalue weighted by atomic mass is 16.4. The van der Waals surface area contributed by atoms with Gasteiger partial charge in [0.05, 0.1) is 5.57 Å². The molecule has 0 saturated heterocycles. The molecule has 0 fully saturated rings. The lowest BCUT2D eigenvalue weighted by Gasteiger charge is -1.99. The van der Waals surface area contributed by atoms with E-state index in [-0.39, 0.29) is 11.1 Å². The Hall–Kier alpha value is -2.36. The molecule has 0 spiro atoms. The monoisotopic (exact) mass is 232 g/mol. The summed E-state index contributed by atoms with van der Waals surface area (Å²) in [6.45, 7) is 1.26. The van der Waals surface area contributed by atoms with E-state index in [0.29, 0.717) is 0 Å². The molecule has 0 bridgehead atoms. The van der Waals surface area contributed by atoms with Crippen LogP contribution < -0.4 is 0 Å². The molecule has 1 aromatic rings. The first-order chi connectivity index (χ1) is 8.02. The second kappa shape index (κ2) is 5.65. The van der Waals surface area contributed by atoms with E-state index in [0.717, 1.165) is 5.56 Å². The van der Waals surface area contributed by atoms with E-state index in [1.165, 1.54) is 13.0 Å². The van der Waals surface area contributed by atoms with Crippen molar-refractivity contribution in [1.82, 2.24) is 0 Å². The summed E-state index contributed by atoms with van der Waals surface area (Å²) in [4.78, 5) is 21.6. The maximum atomic E-state index is 10.9. The van der Waals surface area contributed by atoms with Gasteiger partial charge in [0.2, 0.25) is 0 Å². The number of carboxylic acid groups (broad SMARTS) is 2. The Balaban J connectivity index is 3.05. The van der Waals surface area contributed by atoms with Gasteiger partial charge in [-0.05, 0) is 18.6 Å². The number of benzene rings is 1. The maximum Gasteiger partial charge on any atom is 0.336 e. The van der Waals surface area contributed by atoms with Crippen molar-refractivity contribution in [2.75, 3.05) is 0 Å². The van der Waals surface area contributed by atoms with Crippen LogP contribution in [0.1, 0.15) is 12.5 Å². The quantitative estimate of drug-likeness (QED) is 0.616. The molecule has 17 heavy (non-hydrogen) atoms. The second-order valence-electron chi connectivity index (χ2n) is 3.39. The Morgan fingerprint density at radius 2 is 1.65 bits per heavy atom. The lowest BCUT2D eigenvalue weighted by molar-refractivity contribution is -0.135. The van der Waals surface area contributed by atoms with Gasteiger partial charge in [-0.15, -0.1) is 0 Å². The Labute approximate surface area is 98.5 Å². The van der Waals surface area contributed by atoms with Crippen molar-refractivity contribution in [3.8, 4) is 0 Å². The van der Waals surface area contributed by atoms with Crippen LogP contribution in [0.3, 0.4) is 0 Å². The topological polar surface area (TPSA) is 74.6 Å². The molecule has 0 aromatic heterocycles. The van der Waals surface area contributed by atoms with Gasteiger partial charge in [0.15, 0.2) is 0 Å². The average molecular weight is 232 g/mol. The molecule has 88 valence electrons. The van der Waals surface area contributed by atoms with Crippen LogP contribution in [0.25, 0.3) is 6.08 Å². The van der Waals surface area contributed by atoms with Crippen molar-refractivity contribution in [3.63, 3.8) is 0 Å². The Morgan fingerprint density at radius 3 is 2.12 bits per heavy atom. The van der Waals surface area contributed by atoms with Crippen molar-refractivity contribution in [1.29, 1.82) is 0 Å². The van der Waals surface area contributed by atoms with Gasteiger partial charge in [-0.2, -0.15) is 0 Å². The minimum absolute atomic E-state index is 0.190. The molecule has 0 aliphatic rings. The van der Waals surface area contributed by atoms with Crippen LogP contribution in [-0.4, -0.2) is 22.2 Å². The van der Waals surface area contributed by atoms with E-state index in [4.69, 9.17) is 10.2 Å². The SMILES string of the molecule is C/C(C(=O)O)=C(/C=Cc1ccccc1)C(=O)O. The summed E-state index contributed by atoms with van der Waals surface area (Å²) in [5.74, 6) is -2.49. The van der Waals surface area contributed by atoms with Crippen LogP contribution in [0.2, 0.25) is 0 Å². The van der Waals surface area contributed by atoms with E-state index < -0.39 is 11.9 Å². The number of rotatable bonds is 4. The molecule has 0 unspecified atom stereocenters. The summed E-state index contributed by atoms with van der Waals surface area (Å²) in [6.07, 6.45) is 2.86. The highest BCUT2D eigenvalue weighted by Gasteiger charge is 2.12. The van der Waals surface area contributed by atoms with Crippen LogP contribution in [-0.2, 0) is 9.59 Å². The van der Waals surface area contributed by atoms with Gasteiger partial charge < -0.3 is 10.2 Å². The van der Waals surface area contributed by atoms with Crippen LogP contribution in [0.4, 0.5) is 0 Å². The molecule has 0 amide bonds. The van der Waals surface area contributed by atoms with Crippen LogP contribution in [0, 0.1) is 0 Å². The summed E-state index contributed by atoms with van der Waals surface area (Å²) in [5, 5.41) is 17.6. The van der Waals surface area contributed by atoms with E-state index in [2.05, 4.69) is 0 Å². The van der Waals surface area contributed by atoms with Gasteiger partial charge >= 0.3 is 11.9 Å². The Morgan fingerprint density at radius 1 is 1.06 bits per heavy atom. The molecule has 0 aliphatic heterocycles. The lowest BCUT2D eigenvalue weighted by Crippen LogP contribution is -2.07. The Kier molecular flexibility index (Phi) is 4.22. The first-order valence-electron chi connectivity index (χ1n) is 4.93. The molecular weight excluding hydrogens is 220 g/mol. The standard InChI is InChI=1S/C13H12O4/c1-9(12(14)15)11(13(16)17)8-7-10-5-3-2-4-6-10/h2-8H,1H3,(H,14,15)(H,16,17)/b8-7?,11-9+. The normalized spacial score (nSPS) is 12.3. The van der Waals surface area contributed by atoms with Crippen molar-refractivity contribution >= 4 is 18.0 Å². The van der Waals surface area contributed by atoms with Gasteiger partial charge in [-0.1, -0.05) is 36.4 Å². The van der Waals surface area contributed by atoms with Crippen LogP contribution in [0.5, 0.6) is 0 Å². The number of aliphatic carboxylic acids is 2. The molecule has 4 nitrogen and oxygen atoms in total. The fraction of sp³-hybridized carbons (Fsp3) is 0.0769. The summed E-state index contributed by atoms with van der Waals surface area (Å²) in [5.41, 5.74) is 0.399. The number of carboxylic acids is 2. The van der Waals surface area contributed by atoms with E-state index >= 15 is 0 Å². The first-order valence-corrected chi connectivity index (χ1v) is 4.93. The lowest BCUT2D eigenvalue weighted by atomic mass is 10.1. The fourth-order valence-corrected chi connectivity index (χ4v) is 1.22. The van der Waals surface area contributed by atoms with E-state index in [9.17, 15) is 9.59 Å². The van der Waals surface area contributed by atoms with Crippen molar-refractivity contribution < 1.29 is 19.8 Å². The molecule has 1 aromatic carbocycles. The molecular formula is C13H12O4. The molecule has 0 radical (unpaired) electrons. The van der Waals surface area contributed by atoms with Crippen molar-refractivity contribution in [2.45, 2.75) is 6.92 Å². The fourth-order valence-electron chi connectivity index (χ4n) is 1.22. The van der Waals surface area contributed by atoms with Gasteiger partial charge in [0.1, 0.15) is 0 Å². The first kappa shape index (κ1) is 12.7. The molecule has 0 atom stereocenters. The smallest absolute Gasteiger partial charge is 0.336 e. The maximum absolute atomic E-state index is 10.9. The summed E-state index contributed by atoms with van der Waals surface area (Å²) < 4.78 is 0. The third kappa shape index (κ3) is 3.61. The third-order valence-electron chi connectivity index (χ3n) is 2.20. The molecule has 0 heterocycles. The summed E-state index contributed by atoms with van der Waals surface area (Å²) in [7, 11) is 0. The minimum Gasteiger partial charge on any atom is -0.478 e. The predicted octanol–water partition coefficient (Wildman–Crippen LogP) is 2.19. The van der Waals surface area contributed by atoms with Crippen LogP contribution in [0.15, 0.2) is 47.6 Å². The highest BCUT2D eigenvalue weighted by molar-refractivity contribution is 6.01. The van der Waals surface area contributed by atoms with E-state index in [1.807, 2.05) is 18.2 Å². The average Bonchev–Trinajstić information content (AvgIpc) is 2.29. The largest absolute Gasteiger partial charge is 0.478 e. The van der Waals surface area contributed by atoms with Gasteiger partial charge in [-0.25, -0.2) is 9.59 Å². The zero-order chi connectivity index (χ0) is 12.8. The zero-order valence-electron chi connectivity index (χ0n) is 9.25. The molecule has 1 rings (SSSR count). The third-order valence-corrected chi connectivity index (χ3v) is 2.20. The summed E-state index contributed by atoms with van der Waals surface area (Å²) >= 11 is 0. The molecule has 0 saturated carbocycles. The number of hydrogen-bond acceptors (Lipinski definition) is 2. The van der Waals surface area contributed by atoms with E-state index in [1.54, 1.807) is 18.2 Å². The number of carbonyl (C=O) groups is 2. The minimum atomic E-state index is -1.25. The molecule has 2 N–H and O–H groups in total. The molecule has 4 heteroatoms. The summed E-state index contributed by atoms with van der Waals surface area (Å²) in [6, 6.07) is 9.06. The number of hydrogen-bond donors (Lipinski definition) is 2.